The van der Waals surface area contributed by atoms with Gasteiger partial charge in [0.25, 0.3) is 5.91 Å². The number of carbonyl (C=O) groups is 1. The van der Waals surface area contributed by atoms with Crippen molar-refractivity contribution in [1.29, 1.82) is 0 Å². The predicted molar refractivity (Wildman–Crippen MR) is 114 cm³/mol. The zero-order valence-electron chi connectivity index (χ0n) is 15.8. The van der Waals surface area contributed by atoms with Gasteiger partial charge in [-0.3, -0.25) is 4.79 Å². The van der Waals surface area contributed by atoms with Crippen LogP contribution in [0.5, 0.6) is 17.4 Å². The quantitative estimate of drug-likeness (QED) is 0.705. The number of rotatable bonds is 7. The Kier molecular flexibility index (Phi) is 10.1. The van der Waals surface area contributed by atoms with Crippen molar-refractivity contribution >= 4 is 30.7 Å². The summed E-state index contributed by atoms with van der Waals surface area (Å²) < 4.78 is 11.2. The Balaban J connectivity index is 0.00000196. The molecule has 0 bridgehead atoms. The third kappa shape index (κ3) is 7.54. The van der Waals surface area contributed by atoms with Crippen LogP contribution < -0.4 is 20.1 Å². The lowest BCUT2D eigenvalue weighted by atomic mass is 9.81. The molecule has 0 saturated carbocycles. The maximum atomic E-state index is 12.0. The second-order valence-electron chi connectivity index (χ2n) is 6.87. The van der Waals surface area contributed by atoms with Crippen LogP contribution in [0, 0.1) is 5.41 Å². The predicted octanol–water partition coefficient (Wildman–Crippen LogP) is 3.60. The van der Waals surface area contributed by atoms with E-state index in [0.717, 1.165) is 25.9 Å². The van der Waals surface area contributed by atoms with Crippen molar-refractivity contribution < 1.29 is 14.3 Å². The molecule has 6 nitrogen and oxygen atoms in total. The Hall–Kier alpha value is -2.02. The molecule has 0 atom stereocenters. The Morgan fingerprint density at radius 1 is 1.11 bits per heavy atom. The second kappa shape index (κ2) is 11.7. The number of amides is 1. The first-order chi connectivity index (χ1) is 12.6. The van der Waals surface area contributed by atoms with E-state index >= 15 is 0 Å². The summed E-state index contributed by atoms with van der Waals surface area (Å²) in [6.45, 7) is 4.93. The van der Waals surface area contributed by atoms with Gasteiger partial charge < -0.3 is 20.1 Å². The van der Waals surface area contributed by atoms with E-state index in [1.165, 1.54) is 0 Å². The van der Waals surface area contributed by atoms with Crippen molar-refractivity contribution in [1.82, 2.24) is 15.6 Å². The van der Waals surface area contributed by atoms with Crippen LogP contribution in [0.25, 0.3) is 0 Å². The molecule has 2 aromatic rings. The SMILES string of the molecule is CC1(CNC(=O)COc2ccc(Oc3ccccn3)cc2)CCNCC1.Cl.Cl. The smallest absolute Gasteiger partial charge is 0.257 e. The van der Waals surface area contributed by atoms with Crippen LogP contribution in [-0.4, -0.2) is 37.1 Å². The second-order valence-corrected chi connectivity index (χ2v) is 6.87. The first kappa shape index (κ1) is 24.0. The van der Waals surface area contributed by atoms with E-state index in [9.17, 15) is 4.79 Å². The van der Waals surface area contributed by atoms with Gasteiger partial charge in [-0.1, -0.05) is 13.0 Å². The Morgan fingerprint density at radius 2 is 1.79 bits per heavy atom. The zero-order chi connectivity index (χ0) is 18.2. The number of pyridine rings is 1. The normalized spacial score (nSPS) is 14.8. The molecule has 1 aliphatic rings. The molecule has 1 saturated heterocycles. The maximum absolute atomic E-state index is 12.0. The lowest BCUT2D eigenvalue weighted by molar-refractivity contribution is -0.123. The minimum atomic E-state index is -0.0985. The summed E-state index contributed by atoms with van der Waals surface area (Å²) in [5.74, 6) is 1.73. The molecule has 1 amide bonds. The van der Waals surface area contributed by atoms with E-state index in [1.807, 2.05) is 12.1 Å². The van der Waals surface area contributed by atoms with Gasteiger partial charge >= 0.3 is 0 Å². The van der Waals surface area contributed by atoms with Gasteiger partial charge in [0.05, 0.1) is 0 Å². The molecule has 28 heavy (non-hydrogen) atoms. The van der Waals surface area contributed by atoms with Crippen LogP contribution in [0.1, 0.15) is 19.8 Å². The van der Waals surface area contributed by atoms with E-state index in [4.69, 9.17) is 9.47 Å². The molecular weight excluding hydrogens is 401 g/mol. The van der Waals surface area contributed by atoms with Gasteiger partial charge in [0.2, 0.25) is 5.88 Å². The van der Waals surface area contributed by atoms with E-state index in [2.05, 4.69) is 22.5 Å². The molecule has 1 aromatic carbocycles. The number of nitrogens with zero attached hydrogens (tertiary/aromatic N) is 1. The van der Waals surface area contributed by atoms with Gasteiger partial charge in [-0.25, -0.2) is 4.98 Å². The molecule has 0 unspecified atom stereocenters. The molecule has 154 valence electrons. The van der Waals surface area contributed by atoms with Gasteiger partial charge in [0.15, 0.2) is 6.61 Å². The number of carbonyl (C=O) groups excluding carboxylic acids is 1. The lowest BCUT2D eigenvalue weighted by Gasteiger charge is -2.34. The van der Waals surface area contributed by atoms with Crippen molar-refractivity contribution in [3.63, 3.8) is 0 Å². The molecule has 8 heteroatoms. The zero-order valence-corrected chi connectivity index (χ0v) is 17.5. The first-order valence-corrected chi connectivity index (χ1v) is 8.92. The number of ether oxygens (including phenoxy) is 2. The van der Waals surface area contributed by atoms with Crippen molar-refractivity contribution in [2.75, 3.05) is 26.2 Å². The number of hydrogen-bond donors (Lipinski definition) is 2. The average Bonchev–Trinajstić information content (AvgIpc) is 2.67. The van der Waals surface area contributed by atoms with Crippen LogP contribution in [-0.2, 0) is 4.79 Å². The van der Waals surface area contributed by atoms with Crippen molar-refractivity contribution in [2.24, 2.45) is 5.41 Å². The number of hydrogen-bond acceptors (Lipinski definition) is 5. The molecule has 3 rings (SSSR count). The molecule has 0 spiro atoms. The Labute approximate surface area is 178 Å². The van der Waals surface area contributed by atoms with Crippen LogP contribution in [0.15, 0.2) is 48.7 Å². The summed E-state index contributed by atoms with van der Waals surface area (Å²) in [6.07, 6.45) is 3.83. The highest BCUT2D eigenvalue weighted by Gasteiger charge is 2.26. The standard InChI is InChI=1S/C20H25N3O3.2ClH/c1-20(9-12-21-13-10-20)15-23-18(24)14-25-16-5-7-17(8-6-16)26-19-4-2-3-11-22-19;;/h2-8,11,21H,9-10,12-15H2,1H3,(H,23,24);2*1H. The molecular formula is C20H27Cl2N3O3. The highest BCUT2D eigenvalue weighted by atomic mass is 35.5. The molecule has 2 heterocycles. The molecule has 1 fully saturated rings. The number of nitrogens with one attached hydrogen (secondary N) is 2. The molecule has 1 aromatic heterocycles. The number of benzene rings is 1. The minimum absolute atomic E-state index is 0. The summed E-state index contributed by atoms with van der Waals surface area (Å²) in [6, 6.07) is 12.6. The monoisotopic (exact) mass is 427 g/mol. The third-order valence-corrected chi connectivity index (χ3v) is 4.58. The van der Waals surface area contributed by atoms with Crippen LogP contribution >= 0.6 is 24.8 Å². The number of aromatic nitrogens is 1. The number of halogens is 2. The summed E-state index contributed by atoms with van der Waals surface area (Å²) in [7, 11) is 0. The Bertz CT molecular complexity index is 708. The molecule has 1 aliphatic heterocycles. The van der Waals surface area contributed by atoms with Crippen LogP contribution in [0.2, 0.25) is 0 Å². The van der Waals surface area contributed by atoms with Crippen LogP contribution in [0.3, 0.4) is 0 Å². The fourth-order valence-electron chi connectivity index (χ4n) is 2.85. The first-order valence-electron chi connectivity index (χ1n) is 8.92. The molecule has 0 aliphatic carbocycles. The van der Waals surface area contributed by atoms with Crippen LogP contribution in [0.4, 0.5) is 0 Å². The van der Waals surface area contributed by atoms with Gasteiger partial charge in [-0.15, -0.1) is 24.8 Å². The number of piperidine rings is 1. The summed E-state index contributed by atoms with van der Waals surface area (Å²) in [4.78, 5) is 16.1. The largest absolute Gasteiger partial charge is 0.484 e. The fourth-order valence-corrected chi connectivity index (χ4v) is 2.85. The molecule has 2 N–H and O–H groups in total. The molecule has 0 radical (unpaired) electrons. The summed E-state index contributed by atoms with van der Waals surface area (Å²) >= 11 is 0. The van der Waals surface area contributed by atoms with E-state index in [-0.39, 0.29) is 42.7 Å². The topological polar surface area (TPSA) is 72.5 Å². The third-order valence-electron chi connectivity index (χ3n) is 4.58. The van der Waals surface area contributed by atoms with Crippen molar-refractivity contribution in [2.45, 2.75) is 19.8 Å². The van der Waals surface area contributed by atoms with Gasteiger partial charge in [-0.05, 0) is 61.7 Å². The van der Waals surface area contributed by atoms with E-state index in [0.29, 0.717) is 23.9 Å². The highest BCUT2D eigenvalue weighted by Crippen LogP contribution is 2.26. The highest BCUT2D eigenvalue weighted by molar-refractivity contribution is 5.85. The van der Waals surface area contributed by atoms with Crippen molar-refractivity contribution in [3.8, 4) is 17.4 Å². The van der Waals surface area contributed by atoms with Gasteiger partial charge in [0, 0.05) is 18.8 Å². The average molecular weight is 428 g/mol. The van der Waals surface area contributed by atoms with Gasteiger partial charge in [0.1, 0.15) is 11.5 Å². The van der Waals surface area contributed by atoms with E-state index in [1.54, 1.807) is 36.5 Å². The lowest BCUT2D eigenvalue weighted by Crippen LogP contribution is -2.43. The summed E-state index contributed by atoms with van der Waals surface area (Å²) in [5.41, 5.74) is 0.172. The maximum Gasteiger partial charge on any atom is 0.257 e. The van der Waals surface area contributed by atoms with Gasteiger partial charge in [-0.2, -0.15) is 0 Å². The van der Waals surface area contributed by atoms with Crippen molar-refractivity contribution in [3.05, 3.63) is 48.7 Å². The minimum Gasteiger partial charge on any atom is -0.484 e. The summed E-state index contributed by atoms with van der Waals surface area (Å²) in [5, 5.41) is 6.32. The fraction of sp³-hybridized carbons (Fsp3) is 0.400. The van der Waals surface area contributed by atoms with E-state index < -0.39 is 0 Å². The Morgan fingerprint density at radius 3 is 2.43 bits per heavy atom.